The summed E-state index contributed by atoms with van der Waals surface area (Å²) in [6.45, 7) is 0. The van der Waals surface area contributed by atoms with Gasteiger partial charge in [0, 0.05) is 12.0 Å². The first kappa shape index (κ1) is 13.5. The zero-order valence-electron chi connectivity index (χ0n) is 8.54. The molecule has 0 atom stereocenters. The van der Waals surface area contributed by atoms with Crippen LogP contribution in [0.4, 0.5) is 0 Å². The molecule has 0 saturated carbocycles. The van der Waals surface area contributed by atoms with E-state index in [-0.39, 0.29) is 0 Å². The van der Waals surface area contributed by atoms with Gasteiger partial charge in [0.2, 0.25) is 0 Å². The molecule has 14 heavy (non-hydrogen) atoms. The standard InChI is InChI=1S/C11H19ClO2/c12-10-8-6-4-2-1-3-5-7-9-11(13)14/h7,9H,1-6,8,10H2,(H,13,14). The summed E-state index contributed by atoms with van der Waals surface area (Å²) in [4.78, 5) is 10.1. The molecule has 1 N–H and O–H groups in total. The van der Waals surface area contributed by atoms with Gasteiger partial charge in [-0.05, 0) is 19.3 Å². The molecule has 0 aromatic rings. The maximum absolute atomic E-state index is 10.1. The van der Waals surface area contributed by atoms with Crippen molar-refractivity contribution in [3.63, 3.8) is 0 Å². The van der Waals surface area contributed by atoms with Crippen molar-refractivity contribution in [1.29, 1.82) is 0 Å². The van der Waals surface area contributed by atoms with Crippen LogP contribution in [0, 0.1) is 0 Å². The second kappa shape index (κ2) is 10.6. The van der Waals surface area contributed by atoms with Gasteiger partial charge in [0.15, 0.2) is 0 Å². The average Bonchev–Trinajstić information content (AvgIpc) is 2.15. The van der Waals surface area contributed by atoms with Crippen molar-refractivity contribution >= 4 is 17.6 Å². The predicted molar refractivity (Wildman–Crippen MR) is 59.8 cm³/mol. The van der Waals surface area contributed by atoms with E-state index < -0.39 is 5.97 Å². The maximum Gasteiger partial charge on any atom is 0.327 e. The zero-order valence-corrected chi connectivity index (χ0v) is 9.30. The Balaban J connectivity index is 3.02. The zero-order chi connectivity index (χ0) is 10.6. The molecule has 3 heteroatoms. The maximum atomic E-state index is 10.1. The Morgan fingerprint density at radius 2 is 1.64 bits per heavy atom. The molecular weight excluding hydrogens is 200 g/mol. The summed E-state index contributed by atoms with van der Waals surface area (Å²) in [5.41, 5.74) is 0. The molecular formula is C11H19ClO2. The van der Waals surface area contributed by atoms with Gasteiger partial charge in [-0.15, -0.1) is 11.6 Å². The van der Waals surface area contributed by atoms with Crippen molar-refractivity contribution in [2.45, 2.75) is 44.9 Å². The quantitative estimate of drug-likeness (QED) is 0.365. The summed E-state index contributed by atoms with van der Waals surface area (Å²) in [5.74, 6) is -0.0893. The SMILES string of the molecule is O=C(O)C=CCCCCCCCCCl. The van der Waals surface area contributed by atoms with Gasteiger partial charge >= 0.3 is 5.97 Å². The van der Waals surface area contributed by atoms with Crippen LogP contribution in [0.3, 0.4) is 0 Å². The van der Waals surface area contributed by atoms with Crippen molar-refractivity contribution in [2.24, 2.45) is 0 Å². The van der Waals surface area contributed by atoms with Crippen LogP contribution in [-0.2, 0) is 4.79 Å². The second-order valence-corrected chi connectivity index (χ2v) is 3.72. The molecule has 0 aliphatic heterocycles. The van der Waals surface area contributed by atoms with E-state index in [9.17, 15) is 4.79 Å². The van der Waals surface area contributed by atoms with Crippen LogP contribution < -0.4 is 0 Å². The van der Waals surface area contributed by atoms with Crippen molar-refractivity contribution < 1.29 is 9.90 Å². The largest absolute Gasteiger partial charge is 0.478 e. The molecule has 0 aromatic heterocycles. The van der Waals surface area contributed by atoms with Gasteiger partial charge in [-0.1, -0.05) is 31.8 Å². The third kappa shape index (κ3) is 11.5. The van der Waals surface area contributed by atoms with Crippen LogP contribution in [0.5, 0.6) is 0 Å². The number of unbranched alkanes of at least 4 members (excludes halogenated alkanes) is 6. The molecule has 0 fully saturated rings. The highest BCUT2D eigenvalue weighted by Crippen LogP contribution is 2.07. The molecule has 0 bridgehead atoms. The van der Waals surface area contributed by atoms with E-state index in [1.807, 2.05) is 0 Å². The molecule has 0 radical (unpaired) electrons. The first-order valence-corrected chi connectivity index (χ1v) is 5.76. The number of hydrogen-bond acceptors (Lipinski definition) is 1. The first-order valence-electron chi connectivity index (χ1n) is 5.23. The van der Waals surface area contributed by atoms with Gasteiger partial charge in [-0.2, -0.15) is 0 Å². The normalized spacial score (nSPS) is 10.9. The van der Waals surface area contributed by atoms with E-state index in [2.05, 4.69) is 0 Å². The molecule has 0 aliphatic rings. The van der Waals surface area contributed by atoms with Crippen molar-refractivity contribution in [1.82, 2.24) is 0 Å². The topological polar surface area (TPSA) is 37.3 Å². The highest BCUT2D eigenvalue weighted by atomic mass is 35.5. The van der Waals surface area contributed by atoms with E-state index in [1.54, 1.807) is 6.08 Å². The molecule has 0 saturated heterocycles. The highest BCUT2D eigenvalue weighted by Gasteiger charge is 1.90. The van der Waals surface area contributed by atoms with Gasteiger partial charge in [0.25, 0.3) is 0 Å². The minimum absolute atomic E-state index is 0.765. The summed E-state index contributed by atoms with van der Waals surface area (Å²) in [7, 11) is 0. The third-order valence-electron chi connectivity index (χ3n) is 2.01. The van der Waals surface area contributed by atoms with E-state index in [0.29, 0.717) is 0 Å². The number of carboxylic acid groups (broad SMARTS) is 1. The molecule has 0 aromatic carbocycles. The van der Waals surface area contributed by atoms with E-state index in [0.717, 1.165) is 25.1 Å². The van der Waals surface area contributed by atoms with E-state index in [4.69, 9.17) is 16.7 Å². The molecule has 0 aliphatic carbocycles. The highest BCUT2D eigenvalue weighted by molar-refractivity contribution is 6.17. The first-order chi connectivity index (χ1) is 6.77. The minimum atomic E-state index is -0.855. The minimum Gasteiger partial charge on any atom is -0.478 e. The van der Waals surface area contributed by atoms with Crippen molar-refractivity contribution in [2.75, 3.05) is 5.88 Å². The number of alkyl halides is 1. The lowest BCUT2D eigenvalue weighted by atomic mass is 10.1. The Labute approximate surface area is 91.0 Å². The summed E-state index contributed by atoms with van der Waals surface area (Å²) in [6, 6.07) is 0. The van der Waals surface area contributed by atoms with Crippen LogP contribution in [0.25, 0.3) is 0 Å². The average molecular weight is 219 g/mol. The number of allylic oxidation sites excluding steroid dienone is 1. The van der Waals surface area contributed by atoms with Gasteiger partial charge < -0.3 is 5.11 Å². The van der Waals surface area contributed by atoms with Crippen LogP contribution in [0.2, 0.25) is 0 Å². The monoisotopic (exact) mass is 218 g/mol. The Bertz CT molecular complexity index is 167. The Kier molecular flexibility index (Phi) is 10.2. The number of rotatable bonds is 9. The molecule has 0 unspecified atom stereocenters. The number of carboxylic acids is 1. The van der Waals surface area contributed by atoms with Gasteiger partial charge in [-0.25, -0.2) is 4.79 Å². The lowest BCUT2D eigenvalue weighted by Gasteiger charge is -1.98. The number of aliphatic carboxylic acids is 1. The Morgan fingerprint density at radius 3 is 2.21 bits per heavy atom. The van der Waals surface area contributed by atoms with Crippen LogP contribution in [-0.4, -0.2) is 17.0 Å². The summed E-state index contributed by atoms with van der Waals surface area (Å²) >= 11 is 5.55. The summed E-state index contributed by atoms with van der Waals surface area (Å²) in [6.07, 6.45) is 10.9. The molecule has 82 valence electrons. The van der Waals surface area contributed by atoms with Crippen molar-refractivity contribution in [3.8, 4) is 0 Å². The third-order valence-corrected chi connectivity index (χ3v) is 2.28. The van der Waals surface area contributed by atoms with Crippen LogP contribution in [0.15, 0.2) is 12.2 Å². The molecule has 0 heterocycles. The number of halogens is 1. The lowest BCUT2D eigenvalue weighted by Crippen LogP contribution is -1.85. The predicted octanol–water partition coefficient (Wildman–Crippen LogP) is 3.60. The number of carbonyl (C=O) groups is 1. The fourth-order valence-electron chi connectivity index (χ4n) is 1.25. The van der Waals surface area contributed by atoms with Gasteiger partial charge in [0.1, 0.15) is 0 Å². The van der Waals surface area contributed by atoms with Gasteiger partial charge in [0.05, 0.1) is 0 Å². The van der Waals surface area contributed by atoms with E-state index in [1.165, 1.54) is 31.8 Å². The summed E-state index contributed by atoms with van der Waals surface area (Å²) < 4.78 is 0. The van der Waals surface area contributed by atoms with Gasteiger partial charge in [-0.3, -0.25) is 0 Å². The molecule has 0 amide bonds. The smallest absolute Gasteiger partial charge is 0.327 e. The van der Waals surface area contributed by atoms with Crippen LogP contribution in [0.1, 0.15) is 44.9 Å². The summed E-state index contributed by atoms with van der Waals surface area (Å²) in [5, 5.41) is 8.31. The molecule has 2 nitrogen and oxygen atoms in total. The second-order valence-electron chi connectivity index (χ2n) is 3.34. The van der Waals surface area contributed by atoms with Crippen molar-refractivity contribution in [3.05, 3.63) is 12.2 Å². The van der Waals surface area contributed by atoms with E-state index >= 15 is 0 Å². The number of hydrogen-bond donors (Lipinski definition) is 1. The fraction of sp³-hybridized carbons (Fsp3) is 0.727. The lowest BCUT2D eigenvalue weighted by molar-refractivity contribution is -0.131. The Hall–Kier alpha value is -0.500. The molecule has 0 spiro atoms. The van der Waals surface area contributed by atoms with Crippen LogP contribution >= 0.6 is 11.6 Å². The fourth-order valence-corrected chi connectivity index (χ4v) is 1.44. The Morgan fingerprint density at radius 1 is 1.07 bits per heavy atom. The molecule has 0 rings (SSSR count).